The first-order chi connectivity index (χ1) is 8.91. The van der Waals surface area contributed by atoms with E-state index in [2.05, 4.69) is 44.2 Å². The van der Waals surface area contributed by atoms with Crippen LogP contribution in [0.15, 0.2) is 42.0 Å². The smallest absolute Gasteiger partial charge is 0.328 e. The van der Waals surface area contributed by atoms with Gasteiger partial charge in [0.05, 0.1) is 0 Å². The van der Waals surface area contributed by atoms with Gasteiger partial charge in [-0.05, 0) is 18.1 Å². The van der Waals surface area contributed by atoms with Crippen molar-refractivity contribution in [3.8, 4) is 0 Å². The summed E-state index contributed by atoms with van der Waals surface area (Å²) in [6.07, 6.45) is 3.39. The second-order valence-corrected chi connectivity index (χ2v) is 4.25. The molecule has 2 N–H and O–H groups in total. The summed E-state index contributed by atoms with van der Waals surface area (Å²) >= 11 is 0. The lowest BCUT2D eigenvalue weighted by atomic mass is 9.99. The minimum absolute atomic E-state index is 0.558. The fourth-order valence-corrected chi connectivity index (χ4v) is 1.79. The third-order valence-corrected chi connectivity index (χ3v) is 2.90. The van der Waals surface area contributed by atoms with Crippen LogP contribution < -0.4 is 0 Å². The fraction of sp³-hybridized carbons (Fsp3) is 0.200. The van der Waals surface area contributed by atoms with Crippen LogP contribution in [0.3, 0.4) is 0 Å². The fourth-order valence-electron chi connectivity index (χ4n) is 1.79. The molecule has 0 aromatic heterocycles. The van der Waals surface area contributed by atoms with Crippen molar-refractivity contribution < 1.29 is 19.8 Å². The molecule has 0 amide bonds. The van der Waals surface area contributed by atoms with Crippen molar-refractivity contribution in [2.75, 3.05) is 0 Å². The van der Waals surface area contributed by atoms with Gasteiger partial charge in [-0.2, -0.15) is 0 Å². The van der Waals surface area contributed by atoms with Gasteiger partial charge in [-0.15, -0.1) is 0 Å². The largest absolute Gasteiger partial charge is 0.478 e. The molecule has 2 rings (SSSR count). The number of benzene rings is 1. The van der Waals surface area contributed by atoms with Gasteiger partial charge in [-0.3, -0.25) is 0 Å². The highest BCUT2D eigenvalue weighted by molar-refractivity contribution is 5.89. The Morgan fingerprint density at radius 3 is 2.11 bits per heavy atom. The van der Waals surface area contributed by atoms with Crippen LogP contribution in [0.1, 0.15) is 30.9 Å². The first-order valence-corrected chi connectivity index (χ1v) is 5.83. The van der Waals surface area contributed by atoms with E-state index in [1.54, 1.807) is 0 Å². The number of hydrogen-bond acceptors (Lipinski definition) is 2. The van der Waals surface area contributed by atoms with E-state index < -0.39 is 11.9 Å². The standard InChI is InChI=1S/C11H12.C4H4O4/c1-8-7-10-5-3-4-6-11(10)9(8)2;5-3(6)1-2-4(7)8/h3-7,9H,1-2H3;1-2H,(H,5,6)(H,7,8)/b;2-1-/t9-;/m0./s1. The van der Waals surface area contributed by atoms with E-state index in [-0.39, 0.29) is 0 Å². The molecule has 1 aliphatic carbocycles. The molecule has 0 radical (unpaired) electrons. The third-order valence-electron chi connectivity index (χ3n) is 2.90. The highest BCUT2D eigenvalue weighted by Gasteiger charge is 2.16. The molecule has 4 heteroatoms. The van der Waals surface area contributed by atoms with Gasteiger partial charge in [0, 0.05) is 18.1 Å². The Morgan fingerprint density at radius 1 is 1.11 bits per heavy atom. The lowest BCUT2D eigenvalue weighted by Gasteiger charge is -2.05. The van der Waals surface area contributed by atoms with Crippen molar-refractivity contribution in [1.29, 1.82) is 0 Å². The summed E-state index contributed by atoms with van der Waals surface area (Å²) in [4.78, 5) is 19.1. The lowest BCUT2D eigenvalue weighted by molar-refractivity contribution is -0.134. The topological polar surface area (TPSA) is 74.6 Å². The van der Waals surface area contributed by atoms with E-state index in [9.17, 15) is 9.59 Å². The van der Waals surface area contributed by atoms with Gasteiger partial charge in [0.1, 0.15) is 0 Å². The lowest BCUT2D eigenvalue weighted by Crippen LogP contribution is -1.91. The zero-order valence-corrected chi connectivity index (χ0v) is 10.8. The van der Waals surface area contributed by atoms with Crippen LogP contribution in [0, 0.1) is 0 Å². The zero-order valence-electron chi connectivity index (χ0n) is 10.8. The maximum Gasteiger partial charge on any atom is 0.328 e. The molecule has 1 aromatic rings. The quantitative estimate of drug-likeness (QED) is 0.802. The molecule has 0 saturated heterocycles. The predicted octanol–water partition coefficient (Wildman–Crippen LogP) is 2.92. The van der Waals surface area contributed by atoms with Gasteiger partial charge in [-0.1, -0.05) is 42.8 Å². The van der Waals surface area contributed by atoms with Crippen molar-refractivity contribution in [3.05, 3.63) is 53.1 Å². The first-order valence-electron chi connectivity index (χ1n) is 5.83. The number of hydrogen-bond donors (Lipinski definition) is 2. The van der Waals surface area contributed by atoms with Crippen molar-refractivity contribution in [3.63, 3.8) is 0 Å². The number of aliphatic carboxylic acids is 2. The Kier molecular flexibility index (Phi) is 5.06. The summed E-state index contributed by atoms with van der Waals surface area (Å²) in [5.41, 5.74) is 4.36. The molecule has 0 fully saturated rings. The summed E-state index contributed by atoms with van der Waals surface area (Å²) < 4.78 is 0. The number of carboxylic acid groups (broad SMARTS) is 2. The number of fused-ring (bicyclic) bond motifs is 1. The van der Waals surface area contributed by atoms with E-state index in [1.165, 1.54) is 16.7 Å². The average molecular weight is 260 g/mol. The Morgan fingerprint density at radius 2 is 1.63 bits per heavy atom. The zero-order chi connectivity index (χ0) is 14.4. The van der Waals surface area contributed by atoms with Gasteiger partial charge in [0.2, 0.25) is 0 Å². The SMILES string of the molecule is CC1=Cc2ccccc2[C@H]1C.O=C(O)/C=C\C(=O)O. The number of rotatable bonds is 2. The van der Waals surface area contributed by atoms with E-state index in [4.69, 9.17) is 10.2 Å². The predicted molar refractivity (Wildman–Crippen MR) is 72.9 cm³/mol. The highest BCUT2D eigenvalue weighted by atomic mass is 16.4. The van der Waals surface area contributed by atoms with Crippen LogP contribution in [0.4, 0.5) is 0 Å². The molecule has 100 valence electrons. The monoisotopic (exact) mass is 260 g/mol. The Balaban J connectivity index is 0.000000203. The Hall–Kier alpha value is -2.36. The molecule has 0 saturated carbocycles. The minimum Gasteiger partial charge on any atom is -0.478 e. The molecule has 0 unspecified atom stereocenters. The summed E-state index contributed by atoms with van der Waals surface area (Å²) in [6.45, 7) is 4.46. The van der Waals surface area contributed by atoms with E-state index in [0.29, 0.717) is 18.1 Å². The summed E-state index contributed by atoms with van der Waals surface area (Å²) in [7, 11) is 0. The van der Waals surface area contributed by atoms with Gasteiger partial charge in [0.15, 0.2) is 0 Å². The normalized spacial score (nSPS) is 16.3. The number of allylic oxidation sites excluding steroid dienone is 1. The molecule has 0 aliphatic heterocycles. The average Bonchev–Trinajstić information content (AvgIpc) is 2.64. The van der Waals surface area contributed by atoms with Crippen LogP contribution in [0.5, 0.6) is 0 Å². The first kappa shape index (κ1) is 14.7. The maximum absolute atomic E-state index is 9.55. The van der Waals surface area contributed by atoms with Crippen LogP contribution >= 0.6 is 0 Å². The van der Waals surface area contributed by atoms with E-state index >= 15 is 0 Å². The second kappa shape index (κ2) is 6.54. The van der Waals surface area contributed by atoms with Crippen LogP contribution in [0.25, 0.3) is 6.08 Å². The molecule has 4 nitrogen and oxygen atoms in total. The van der Waals surface area contributed by atoms with Gasteiger partial charge < -0.3 is 10.2 Å². The summed E-state index contributed by atoms with van der Waals surface area (Å²) in [5.74, 6) is -1.88. The summed E-state index contributed by atoms with van der Waals surface area (Å²) in [6, 6.07) is 8.61. The van der Waals surface area contributed by atoms with E-state index in [0.717, 1.165) is 0 Å². The number of carbonyl (C=O) groups is 2. The molecule has 0 spiro atoms. The molecular formula is C15H16O4. The Labute approximate surface area is 111 Å². The molecule has 0 heterocycles. The highest BCUT2D eigenvalue weighted by Crippen LogP contribution is 2.34. The van der Waals surface area contributed by atoms with Gasteiger partial charge in [0.25, 0.3) is 0 Å². The molecule has 19 heavy (non-hydrogen) atoms. The Bertz CT molecular complexity index is 525. The van der Waals surface area contributed by atoms with Crippen LogP contribution in [-0.2, 0) is 9.59 Å². The van der Waals surface area contributed by atoms with Crippen molar-refractivity contribution in [2.24, 2.45) is 0 Å². The summed E-state index contributed by atoms with van der Waals surface area (Å²) in [5, 5.41) is 15.6. The minimum atomic E-state index is -1.26. The number of carboxylic acids is 2. The van der Waals surface area contributed by atoms with Gasteiger partial charge in [-0.25, -0.2) is 9.59 Å². The molecule has 0 bridgehead atoms. The van der Waals surface area contributed by atoms with Crippen LogP contribution in [0.2, 0.25) is 0 Å². The third kappa shape index (κ3) is 4.43. The van der Waals surface area contributed by atoms with Gasteiger partial charge >= 0.3 is 11.9 Å². The molecular weight excluding hydrogens is 244 g/mol. The molecule has 1 aliphatic rings. The van der Waals surface area contributed by atoms with E-state index in [1.807, 2.05) is 0 Å². The van der Waals surface area contributed by atoms with Crippen LogP contribution in [-0.4, -0.2) is 22.2 Å². The molecule has 1 atom stereocenters. The maximum atomic E-state index is 9.55. The second-order valence-electron chi connectivity index (χ2n) is 4.25. The van der Waals surface area contributed by atoms with Crippen molar-refractivity contribution in [2.45, 2.75) is 19.8 Å². The van der Waals surface area contributed by atoms with Crippen molar-refractivity contribution >= 4 is 18.0 Å². The van der Waals surface area contributed by atoms with Crippen molar-refractivity contribution in [1.82, 2.24) is 0 Å². The molecule has 1 aromatic carbocycles.